The number of rotatable bonds is 2. The topological polar surface area (TPSA) is 23.0 Å². The lowest BCUT2D eigenvalue weighted by Crippen LogP contribution is -1.99. The standard InChI is InChI=1S/C36H21ClN2O/c37-22-17-18-34-28(19-22)36-33(39-31-15-7-3-11-26(31)27-12-4-8-16-32(27)39)20-23(21-35(36)40-34)38-29-13-5-1-9-24(29)25-10-2-6-14-30(25)38/h1-21H. The van der Waals surface area contributed by atoms with Gasteiger partial charge in [-0.05, 0) is 48.5 Å². The van der Waals surface area contributed by atoms with Crippen LogP contribution in [0.1, 0.15) is 0 Å². The lowest BCUT2D eigenvalue weighted by Gasteiger charge is -2.14. The Bertz CT molecular complexity index is 2350. The van der Waals surface area contributed by atoms with Crippen molar-refractivity contribution in [3.8, 4) is 11.4 Å². The third kappa shape index (κ3) is 2.90. The predicted octanol–water partition coefficient (Wildman–Crippen LogP) is 10.4. The van der Waals surface area contributed by atoms with Crippen molar-refractivity contribution in [1.29, 1.82) is 0 Å². The SMILES string of the molecule is Clc1ccc2oc3cc(-n4c5ccccc5c5ccccc54)cc(-n4c5ccccc5c5ccccc54)c3c2c1. The molecule has 0 atom stereocenters. The number of hydrogen-bond donors (Lipinski definition) is 0. The molecule has 0 saturated heterocycles. The molecule has 0 spiro atoms. The second-order valence-corrected chi connectivity index (χ2v) is 10.8. The summed E-state index contributed by atoms with van der Waals surface area (Å²) in [7, 11) is 0. The van der Waals surface area contributed by atoms with Crippen LogP contribution < -0.4 is 0 Å². The number of nitrogens with zero attached hydrogens (tertiary/aromatic N) is 2. The number of aromatic nitrogens is 2. The fraction of sp³-hybridized carbons (Fsp3) is 0. The first-order chi connectivity index (χ1) is 19.8. The quantitative estimate of drug-likeness (QED) is 0.217. The lowest BCUT2D eigenvalue weighted by atomic mass is 10.1. The first-order valence-corrected chi connectivity index (χ1v) is 13.8. The zero-order valence-electron chi connectivity index (χ0n) is 21.3. The van der Waals surface area contributed by atoms with E-state index in [9.17, 15) is 0 Å². The molecule has 6 aromatic carbocycles. The number of furan rings is 1. The van der Waals surface area contributed by atoms with Crippen LogP contribution in [0.2, 0.25) is 5.02 Å². The molecule has 3 heterocycles. The molecule has 3 nitrogen and oxygen atoms in total. The first kappa shape index (κ1) is 21.9. The minimum absolute atomic E-state index is 0.690. The second kappa shape index (κ2) is 8.01. The van der Waals surface area contributed by atoms with Crippen molar-refractivity contribution in [1.82, 2.24) is 9.13 Å². The molecular formula is C36H21ClN2O. The molecule has 4 heteroatoms. The fourth-order valence-electron chi connectivity index (χ4n) is 6.53. The molecule has 40 heavy (non-hydrogen) atoms. The van der Waals surface area contributed by atoms with E-state index >= 15 is 0 Å². The summed E-state index contributed by atoms with van der Waals surface area (Å²) >= 11 is 6.53. The van der Waals surface area contributed by atoms with Gasteiger partial charge in [0.25, 0.3) is 0 Å². The molecule has 0 radical (unpaired) electrons. The average molecular weight is 533 g/mol. The molecule has 0 aliphatic heterocycles. The van der Waals surface area contributed by atoms with Crippen molar-refractivity contribution < 1.29 is 4.42 Å². The Balaban J connectivity index is 1.50. The molecule has 0 aliphatic carbocycles. The summed E-state index contributed by atoms with van der Waals surface area (Å²) in [6.45, 7) is 0. The van der Waals surface area contributed by atoms with Crippen LogP contribution in [-0.4, -0.2) is 9.13 Å². The molecule has 0 amide bonds. The lowest BCUT2D eigenvalue weighted by molar-refractivity contribution is 0.668. The molecule has 9 rings (SSSR count). The van der Waals surface area contributed by atoms with E-state index in [0.717, 1.165) is 55.4 Å². The molecule has 0 unspecified atom stereocenters. The van der Waals surface area contributed by atoms with Gasteiger partial charge in [-0.1, -0.05) is 84.4 Å². The summed E-state index contributed by atoms with van der Waals surface area (Å²) in [4.78, 5) is 0. The van der Waals surface area contributed by atoms with Crippen LogP contribution in [0.4, 0.5) is 0 Å². The van der Waals surface area contributed by atoms with E-state index in [1.807, 2.05) is 18.2 Å². The normalized spacial score (nSPS) is 12.1. The summed E-state index contributed by atoms with van der Waals surface area (Å²) in [5.41, 5.74) is 8.39. The second-order valence-electron chi connectivity index (χ2n) is 10.3. The molecular weight excluding hydrogens is 512 g/mol. The largest absolute Gasteiger partial charge is 0.456 e. The van der Waals surface area contributed by atoms with Crippen LogP contribution in [0.15, 0.2) is 132 Å². The highest BCUT2D eigenvalue weighted by Gasteiger charge is 2.21. The van der Waals surface area contributed by atoms with Gasteiger partial charge in [-0.25, -0.2) is 0 Å². The van der Waals surface area contributed by atoms with Gasteiger partial charge in [-0.15, -0.1) is 0 Å². The zero-order valence-corrected chi connectivity index (χ0v) is 22.1. The summed E-state index contributed by atoms with van der Waals surface area (Å²) in [6, 6.07) is 44.8. The monoisotopic (exact) mass is 532 g/mol. The zero-order chi connectivity index (χ0) is 26.4. The van der Waals surface area contributed by atoms with Gasteiger partial charge in [0.15, 0.2) is 0 Å². The number of benzene rings is 6. The number of halogens is 1. The van der Waals surface area contributed by atoms with Gasteiger partial charge in [0, 0.05) is 38.0 Å². The van der Waals surface area contributed by atoms with E-state index in [2.05, 4.69) is 118 Å². The van der Waals surface area contributed by atoms with Gasteiger partial charge in [-0.3, -0.25) is 0 Å². The number of hydrogen-bond acceptors (Lipinski definition) is 1. The van der Waals surface area contributed by atoms with Crippen LogP contribution in [0, 0.1) is 0 Å². The highest BCUT2D eigenvalue weighted by atomic mass is 35.5. The fourth-order valence-corrected chi connectivity index (χ4v) is 6.70. The van der Waals surface area contributed by atoms with Crippen molar-refractivity contribution in [3.63, 3.8) is 0 Å². The maximum Gasteiger partial charge on any atom is 0.139 e. The third-order valence-electron chi connectivity index (χ3n) is 8.16. The highest BCUT2D eigenvalue weighted by molar-refractivity contribution is 6.32. The minimum Gasteiger partial charge on any atom is -0.456 e. The summed E-state index contributed by atoms with van der Waals surface area (Å²) < 4.78 is 11.3. The van der Waals surface area contributed by atoms with E-state index in [4.69, 9.17) is 16.0 Å². The van der Waals surface area contributed by atoms with Crippen LogP contribution in [-0.2, 0) is 0 Å². The molecule has 0 N–H and O–H groups in total. The van der Waals surface area contributed by atoms with Gasteiger partial charge in [0.05, 0.1) is 38.8 Å². The highest BCUT2D eigenvalue weighted by Crippen LogP contribution is 2.42. The van der Waals surface area contributed by atoms with Gasteiger partial charge >= 0.3 is 0 Å². The summed E-state index contributed by atoms with van der Waals surface area (Å²) in [5.74, 6) is 0. The third-order valence-corrected chi connectivity index (χ3v) is 8.39. The van der Waals surface area contributed by atoms with Gasteiger partial charge in [0.1, 0.15) is 11.2 Å². The van der Waals surface area contributed by atoms with Gasteiger partial charge in [0.2, 0.25) is 0 Å². The van der Waals surface area contributed by atoms with E-state index < -0.39 is 0 Å². The minimum atomic E-state index is 0.690. The Labute approximate surface area is 234 Å². The van der Waals surface area contributed by atoms with E-state index in [1.54, 1.807) is 0 Å². The van der Waals surface area contributed by atoms with Crippen molar-refractivity contribution in [3.05, 3.63) is 132 Å². The van der Waals surface area contributed by atoms with Crippen molar-refractivity contribution >= 4 is 77.2 Å². The first-order valence-electron chi connectivity index (χ1n) is 13.4. The maximum atomic E-state index is 6.55. The molecule has 0 saturated carbocycles. The van der Waals surface area contributed by atoms with Gasteiger partial charge < -0.3 is 13.6 Å². The van der Waals surface area contributed by atoms with E-state index in [0.29, 0.717) is 5.02 Å². The Morgan fingerprint density at radius 3 is 1.50 bits per heavy atom. The van der Waals surface area contributed by atoms with Crippen LogP contribution in [0.5, 0.6) is 0 Å². The maximum absolute atomic E-state index is 6.55. The van der Waals surface area contributed by atoms with Crippen LogP contribution in [0.3, 0.4) is 0 Å². The Kier molecular flexibility index (Phi) is 4.38. The summed E-state index contributed by atoms with van der Waals surface area (Å²) in [6.07, 6.45) is 0. The predicted molar refractivity (Wildman–Crippen MR) is 167 cm³/mol. The Morgan fingerprint density at radius 1 is 0.450 bits per heavy atom. The molecule has 0 bridgehead atoms. The Hall–Kier alpha value is -4.99. The van der Waals surface area contributed by atoms with Gasteiger partial charge in [-0.2, -0.15) is 0 Å². The smallest absolute Gasteiger partial charge is 0.139 e. The molecule has 188 valence electrons. The van der Waals surface area contributed by atoms with Crippen molar-refractivity contribution in [2.24, 2.45) is 0 Å². The number of para-hydroxylation sites is 4. The average Bonchev–Trinajstić information content (AvgIpc) is 3.64. The summed E-state index contributed by atoms with van der Waals surface area (Å²) in [5, 5.41) is 7.65. The molecule has 0 fully saturated rings. The number of fused-ring (bicyclic) bond motifs is 9. The van der Waals surface area contributed by atoms with Crippen LogP contribution >= 0.6 is 11.6 Å². The van der Waals surface area contributed by atoms with E-state index in [-0.39, 0.29) is 0 Å². The molecule has 3 aromatic heterocycles. The molecule has 0 aliphatic rings. The van der Waals surface area contributed by atoms with Crippen LogP contribution in [0.25, 0.3) is 76.9 Å². The van der Waals surface area contributed by atoms with E-state index in [1.165, 1.54) is 21.5 Å². The van der Waals surface area contributed by atoms with Crippen molar-refractivity contribution in [2.75, 3.05) is 0 Å². The molecule has 9 aromatic rings. The Morgan fingerprint density at radius 2 is 0.950 bits per heavy atom. The van der Waals surface area contributed by atoms with Crippen molar-refractivity contribution in [2.45, 2.75) is 0 Å².